The van der Waals surface area contributed by atoms with Crippen LogP contribution in [0, 0.1) is 5.92 Å². The summed E-state index contributed by atoms with van der Waals surface area (Å²) in [6.45, 7) is 2.74. The molecule has 0 bridgehead atoms. The molecule has 2 rings (SSSR count). The highest BCUT2D eigenvalue weighted by Gasteiger charge is 2.31. The first-order valence-corrected chi connectivity index (χ1v) is 5.94. The summed E-state index contributed by atoms with van der Waals surface area (Å²) in [5.74, 6) is 1.02. The zero-order chi connectivity index (χ0) is 11.7. The highest BCUT2D eigenvalue weighted by Crippen LogP contribution is 2.34. The van der Waals surface area contributed by atoms with Crippen LogP contribution in [0.4, 0.5) is 0 Å². The van der Waals surface area contributed by atoms with Crippen molar-refractivity contribution in [2.45, 2.75) is 25.8 Å². The number of Topliss-reactive ketones (excluding diaryl/α,β-unsaturated/α-hetero) is 1. The van der Waals surface area contributed by atoms with Gasteiger partial charge < -0.3 is 4.57 Å². The van der Waals surface area contributed by atoms with Gasteiger partial charge in [0.05, 0.1) is 12.2 Å². The van der Waals surface area contributed by atoms with Crippen LogP contribution < -0.4 is 0 Å². The van der Waals surface area contributed by atoms with Crippen LogP contribution in [0.25, 0.3) is 0 Å². The number of ketones is 1. The summed E-state index contributed by atoms with van der Waals surface area (Å²) < 4.78 is 1.89. The minimum absolute atomic E-state index is 0.211. The Balaban J connectivity index is 1.94. The van der Waals surface area contributed by atoms with Gasteiger partial charge in [-0.25, -0.2) is 0 Å². The third-order valence-electron chi connectivity index (χ3n) is 3.62. The second-order valence-corrected chi connectivity index (χ2v) is 4.92. The highest BCUT2D eigenvalue weighted by atomic mass is 16.1. The van der Waals surface area contributed by atoms with Crippen molar-refractivity contribution in [2.24, 2.45) is 13.0 Å². The summed E-state index contributed by atoms with van der Waals surface area (Å²) in [6.07, 6.45) is 4.56. The summed E-state index contributed by atoms with van der Waals surface area (Å²) in [5, 5.41) is 0. The molecule has 16 heavy (non-hydrogen) atoms. The number of carbonyl (C=O) groups excluding carboxylic acids is 1. The molecule has 1 aromatic rings. The number of nitrogens with zero attached hydrogens (tertiary/aromatic N) is 2. The van der Waals surface area contributed by atoms with Gasteiger partial charge in [0.1, 0.15) is 0 Å². The van der Waals surface area contributed by atoms with Gasteiger partial charge >= 0.3 is 0 Å². The van der Waals surface area contributed by atoms with Crippen LogP contribution >= 0.6 is 0 Å². The topological polar surface area (TPSA) is 25.2 Å². The Morgan fingerprint density at radius 2 is 2.31 bits per heavy atom. The van der Waals surface area contributed by atoms with E-state index in [1.165, 1.54) is 12.8 Å². The fourth-order valence-corrected chi connectivity index (χ4v) is 2.14. The fraction of sp³-hybridized carbons (Fsp3) is 0.615. The van der Waals surface area contributed by atoms with Gasteiger partial charge in [-0.2, -0.15) is 0 Å². The van der Waals surface area contributed by atoms with Gasteiger partial charge in [-0.15, -0.1) is 0 Å². The lowest BCUT2D eigenvalue weighted by Gasteiger charge is -2.23. The fourth-order valence-electron chi connectivity index (χ4n) is 2.14. The molecule has 0 aliphatic heterocycles. The van der Waals surface area contributed by atoms with Crippen LogP contribution in [0.15, 0.2) is 18.3 Å². The molecule has 1 aliphatic carbocycles. The van der Waals surface area contributed by atoms with Crippen LogP contribution in [0.3, 0.4) is 0 Å². The van der Waals surface area contributed by atoms with Gasteiger partial charge in [-0.05, 0) is 44.9 Å². The lowest BCUT2D eigenvalue weighted by molar-refractivity contribution is 0.0909. The summed E-state index contributed by atoms with van der Waals surface area (Å²) in [5.41, 5.74) is 0.801. The second kappa shape index (κ2) is 4.42. The van der Waals surface area contributed by atoms with Gasteiger partial charge in [0.2, 0.25) is 0 Å². The molecule has 1 unspecified atom stereocenters. The van der Waals surface area contributed by atoms with E-state index in [1.807, 2.05) is 37.0 Å². The lowest BCUT2D eigenvalue weighted by Crippen LogP contribution is -2.35. The van der Waals surface area contributed by atoms with E-state index >= 15 is 0 Å². The zero-order valence-corrected chi connectivity index (χ0v) is 10.3. The Hall–Kier alpha value is -1.09. The maximum atomic E-state index is 12.0. The van der Waals surface area contributed by atoms with Crippen molar-refractivity contribution in [3.8, 4) is 0 Å². The van der Waals surface area contributed by atoms with E-state index in [2.05, 4.69) is 11.8 Å². The third-order valence-corrected chi connectivity index (χ3v) is 3.62. The van der Waals surface area contributed by atoms with Crippen molar-refractivity contribution in [3.05, 3.63) is 24.0 Å². The van der Waals surface area contributed by atoms with Gasteiger partial charge in [0.15, 0.2) is 5.78 Å². The number of hydrogen-bond donors (Lipinski definition) is 0. The summed E-state index contributed by atoms with van der Waals surface area (Å²) in [7, 11) is 3.96. The molecule has 88 valence electrons. The van der Waals surface area contributed by atoms with Crippen LogP contribution in [0.5, 0.6) is 0 Å². The molecule has 0 radical (unpaired) electrons. The van der Waals surface area contributed by atoms with Crippen LogP contribution in [-0.2, 0) is 7.05 Å². The van der Waals surface area contributed by atoms with E-state index in [9.17, 15) is 4.79 Å². The van der Waals surface area contributed by atoms with Crippen LogP contribution in [-0.4, -0.2) is 34.9 Å². The van der Waals surface area contributed by atoms with Crippen molar-refractivity contribution in [2.75, 3.05) is 13.6 Å². The van der Waals surface area contributed by atoms with Crippen molar-refractivity contribution >= 4 is 5.78 Å². The molecule has 1 atom stereocenters. The second-order valence-electron chi connectivity index (χ2n) is 4.92. The normalized spacial score (nSPS) is 17.8. The molecule has 0 N–H and O–H groups in total. The molecule has 1 heterocycles. The van der Waals surface area contributed by atoms with Crippen molar-refractivity contribution < 1.29 is 4.79 Å². The number of aromatic nitrogens is 1. The SMILES string of the molecule is CC(C1CC1)N(C)CC(=O)c1cccn1C. The maximum Gasteiger partial charge on any atom is 0.193 e. The Morgan fingerprint density at radius 3 is 2.81 bits per heavy atom. The monoisotopic (exact) mass is 220 g/mol. The van der Waals surface area contributed by atoms with E-state index in [-0.39, 0.29) is 5.78 Å². The average molecular weight is 220 g/mol. The van der Waals surface area contributed by atoms with E-state index < -0.39 is 0 Å². The molecule has 1 aliphatic rings. The van der Waals surface area contributed by atoms with E-state index in [0.717, 1.165) is 11.6 Å². The summed E-state index contributed by atoms with van der Waals surface area (Å²) >= 11 is 0. The molecular formula is C13H20N2O. The van der Waals surface area contributed by atoms with E-state index in [4.69, 9.17) is 0 Å². The predicted octanol–water partition coefficient (Wildman–Crippen LogP) is 1.94. The number of rotatable bonds is 5. The van der Waals surface area contributed by atoms with Crippen LogP contribution in [0.2, 0.25) is 0 Å². The molecule has 1 fully saturated rings. The molecule has 0 spiro atoms. The standard InChI is InChI=1S/C13H20N2O/c1-10(11-6-7-11)15(3)9-13(16)12-5-4-8-14(12)2/h4-5,8,10-11H,6-7,9H2,1-3H3. The number of likely N-dealkylation sites (N-methyl/N-ethyl adjacent to an activating group) is 1. The first-order chi connectivity index (χ1) is 7.59. The quantitative estimate of drug-likeness (QED) is 0.709. The Bertz CT molecular complexity index is 379. The lowest BCUT2D eigenvalue weighted by atomic mass is 10.1. The smallest absolute Gasteiger partial charge is 0.193 e. The van der Waals surface area contributed by atoms with Crippen molar-refractivity contribution in [1.82, 2.24) is 9.47 Å². The average Bonchev–Trinajstić information content (AvgIpc) is 3.00. The zero-order valence-electron chi connectivity index (χ0n) is 10.3. The summed E-state index contributed by atoms with van der Waals surface area (Å²) in [6, 6.07) is 4.33. The van der Waals surface area contributed by atoms with Crippen LogP contribution in [0.1, 0.15) is 30.3 Å². The predicted molar refractivity (Wildman–Crippen MR) is 64.6 cm³/mol. The molecular weight excluding hydrogens is 200 g/mol. The molecule has 3 heteroatoms. The Labute approximate surface area is 97.1 Å². The number of hydrogen-bond acceptors (Lipinski definition) is 2. The Morgan fingerprint density at radius 1 is 1.62 bits per heavy atom. The molecule has 0 saturated heterocycles. The van der Waals surface area contributed by atoms with Gasteiger partial charge in [0, 0.05) is 19.3 Å². The van der Waals surface area contributed by atoms with Crippen molar-refractivity contribution in [3.63, 3.8) is 0 Å². The highest BCUT2D eigenvalue weighted by molar-refractivity contribution is 5.96. The minimum Gasteiger partial charge on any atom is -0.348 e. The first kappa shape index (κ1) is 11.4. The molecule has 1 saturated carbocycles. The van der Waals surface area contributed by atoms with Gasteiger partial charge in [0.25, 0.3) is 0 Å². The number of aryl methyl sites for hydroxylation is 1. The maximum absolute atomic E-state index is 12.0. The minimum atomic E-state index is 0.211. The largest absolute Gasteiger partial charge is 0.348 e. The first-order valence-electron chi connectivity index (χ1n) is 5.94. The van der Waals surface area contributed by atoms with E-state index in [0.29, 0.717) is 12.6 Å². The number of carbonyl (C=O) groups is 1. The molecule has 1 aromatic heterocycles. The van der Waals surface area contributed by atoms with Gasteiger partial charge in [-0.3, -0.25) is 9.69 Å². The van der Waals surface area contributed by atoms with Gasteiger partial charge in [-0.1, -0.05) is 0 Å². The molecule has 0 amide bonds. The third kappa shape index (κ3) is 2.35. The Kier molecular flexibility index (Phi) is 3.15. The molecule has 0 aromatic carbocycles. The molecule has 3 nitrogen and oxygen atoms in total. The van der Waals surface area contributed by atoms with E-state index in [1.54, 1.807) is 0 Å². The van der Waals surface area contributed by atoms with Crippen molar-refractivity contribution in [1.29, 1.82) is 0 Å². The summed E-state index contributed by atoms with van der Waals surface area (Å²) in [4.78, 5) is 14.2.